The third-order valence-corrected chi connectivity index (χ3v) is 3.76. The largest absolute Gasteiger partial charge is 0.254 e. The Bertz CT molecular complexity index is 940. The maximum Gasteiger partial charge on any atom is 0.0972 e. The van der Waals surface area contributed by atoms with Crippen molar-refractivity contribution in [2.24, 2.45) is 0 Å². The van der Waals surface area contributed by atoms with Crippen LogP contribution in [0.5, 0.6) is 0 Å². The summed E-state index contributed by atoms with van der Waals surface area (Å²) in [5.41, 5.74) is 4.03. The van der Waals surface area contributed by atoms with Gasteiger partial charge in [-0.3, -0.25) is 4.98 Å². The molecule has 0 N–H and O–H groups in total. The molecule has 4 aromatic rings. The van der Waals surface area contributed by atoms with Crippen LogP contribution in [0.3, 0.4) is 0 Å². The van der Waals surface area contributed by atoms with E-state index < -0.39 is 0 Å². The summed E-state index contributed by atoms with van der Waals surface area (Å²) in [7, 11) is 0. The van der Waals surface area contributed by atoms with Crippen molar-refractivity contribution in [1.82, 2.24) is 9.97 Å². The normalized spacial score (nSPS) is 11.1. The Morgan fingerprint density at radius 2 is 1.43 bits per heavy atom. The van der Waals surface area contributed by atoms with Gasteiger partial charge in [-0.2, -0.15) is 0 Å². The molecular formula is C19H14N2. The third kappa shape index (κ3) is 1.96. The molecule has 0 bridgehead atoms. The molecule has 0 saturated carbocycles. The minimum atomic E-state index is 0.919. The zero-order valence-corrected chi connectivity index (χ0v) is 11.7. The van der Waals surface area contributed by atoms with E-state index in [1.165, 1.54) is 10.8 Å². The van der Waals surface area contributed by atoms with Gasteiger partial charge in [0, 0.05) is 17.0 Å². The van der Waals surface area contributed by atoms with Crippen LogP contribution in [0.1, 0.15) is 5.56 Å². The molecule has 2 aromatic heterocycles. The Hall–Kier alpha value is -2.74. The van der Waals surface area contributed by atoms with Gasteiger partial charge in [0.1, 0.15) is 0 Å². The summed E-state index contributed by atoms with van der Waals surface area (Å²) in [6, 6.07) is 20.8. The molecule has 100 valence electrons. The Morgan fingerprint density at radius 3 is 2.19 bits per heavy atom. The van der Waals surface area contributed by atoms with Crippen molar-refractivity contribution >= 4 is 21.7 Å². The number of para-hydroxylation sites is 1. The minimum Gasteiger partial charge on any atom is -0.254 e. The zero-order chi connectivity index (χ0) is 14.2. The van der Waals surface area contributed by atoms with Crippen molar-refractivity contribution in [1.29, 1.82) is 0 Å². The van der Waals surface area contributed by atoms with E-state index in [1.54, 1.807) is 0 Å². The lowest BCUT2D eigenvalue weighted by Gasteiger charge is -2.09. The fourth-order valence-corrected chi connectivity index (χ4v) is 2.71. The highest BCUT2D eigenvalue weighted by atomic mass is 14.8. The molecule has 0 amide bonds. The lowest BCUT2D eigenvalue weighted by molar-refractivity contribution is 1.25. The molecular weight excluding hydrogens is 256 g/mol. The minimum absolute atomic E-state index is 0.919. The third-order valence-electron chi connectivity index (χ3n) is 3.76. The maximum atomic E-state index is 4.84. The summed E-state index contributed by atoms with van der Waals surface area (Å²) in [5.74, 6) is 0. The van der Waals surface area contributed by atoms with Crippen LogP contribution < -0.4 is 0 Å². The van der Waals surface area contributed by atoms with E-state index in [9.17, 15) is 0 Å². The summed E-state index contributed by atoms with van der Waals surface area (Å²) >= 11 is 0. The molecule has 2 nitrogen and oxygen atoms in total. The van der Waals surface area contributed by atoms with E-state index >= 15 is 0 Å². The first kappa shape index (κ1) is 12.0. The van der Waals surface area contributed by atoms with Crippen LogP contribution in [-0.4, -0.2) is 9.97 Å². The molecule has 0 unspecified atom stereocenters. The number of hydrogen-bond acceptors (Lipinski definition) is 2. The van der Waals surface area contributed by atoms with Crippen LogP contribution in [0.25, 0.3) is 33.1 Å². The van der Waals surface area contributed by atoms with E-state index in [0.29, 0.717) is 0 Å². The van der Waals surface area contributed by atoms with Gasteiger partial charge in [-0.15, -0.1) is 0 Å². The van der Waals surface area contributed by atoms with Crippen molar-refractivity contribution in [3.8, 4) is 11.4 Å². The lowest BCUT2D eigenvalue weighted by atomic mass is 10.0. The highest BCUT2D eigenvalue weighted by Gasteiger charge is 2.10. The number of aromatic nitrogens is 2. The molecule has 0 aliphatic rings. The van der Waals surface area contributed by atoms with Gasteiger partial charge in [0.25, 0.3) is 0 Å². The molecule has 2 aromatic carbocycles. The Kier molecular flexibility index (Phi) is 2.68. The van der Waals surface area contributed by atoms with E-state index in [2.05, 4.69) is 53.5 Å². The van der Waals surface area contributed by atoms with Gasteiger partial charge in [0.2, 0.25) is 0 Å². The molecule has 0 spiro atoms. The number of aryl methyl sites for hydroxylation is 1. The summed E-state index contributed by atoms with van der Waals surface area (Å²) in [6.07, 6.45) is 1.89. The molecule has 4 rings (SSSR count). The first-order valence-electron chi connectivity index (χ1n) is 7.03. The number of hydrogen-bond donors (Lipinski definition) is 0. The molecule has 0 atom stereocenters. The highest BCUT2D eigenvalue weighted by molar-refractivity contribution is 6.10. The average Bonchev–Trinajstić information content (AvgIpc) is 2.55. The second kappa shape index (κ2) is 4.67. The number of nitrogens with zero attached hydrogens (tertiary/aromatic N) is 2. The van der Waals surface area contributed by atoms with E-state index in [0.717, 1.165) is 27.9 Å². The monoisotopic (exact) mass is 270 g/mol. The van der Waals surface area contributed by atoms with Gasteiger partial charge in [0.15, 0.2) is 0 Å². The molecule has 0 saturated heterocycles. The number of benzene rings is 2. The van der Waals surface area contributed by atoms with Crippen molar-refractivity contribution in [3.63, 3.8) is 0 Å². The highest BCUT2D eigenvalue weighted by Crippen LogP contribution is 2.31. The Labute approximate surface area is 123 Å². The van der Waals surface area contributed by atoms with Crippen LogP contribution in [-0.2, 0) is 0 Å². The molecule has 2 heterocycles. The Balaban J connectivity index is 2.13. The zero-order valence-electron chi connectivity index (χ0n) is 11.7. The summed E-state index contributed by atoms with van der Waals surface area (Å²) < 4.78 is 0. The predicted octanol–water partition coefficient (Wildman–Crippen LogP) is 4.76. The van der Waals surface area contributed by atoms with Gasteiger partial charge in [-0.25, -0.2) is 4.98 Å². The Morgan fingerprint density at radius 1 is 0.714 bits per heavy atom. The standard InChI is InChI=1S/C19H14N2/c1-13-10-11-18(20-12-13)19-16-8-3-2-6-14(16)15-7-4-5-9-17(15)21-19/h2-12H,1H3. The van der Waals surface area contributed by atoms with Gasteiger partial charge in [0.05, 0.1) is 16.9 Å². The summed E-state index contributed by atoms with van der Waals surface area (Å²) in [6.45, 7) is 2.04. The fourth-order valence-electron chi connectivity index (χ4n) is 2.71. The lowest BCUT2D eigenvalue weighted by Crippen LogP contribution is -1.91. The van der Waals surface area contributed by atoms with Crippen LogP contribution in [0, 0.1) is 6.92 Å². The molecule has 0 fully saturated rings. The van der Waals surface area contributed by atoms with Crippen molar-refractivity contribution in [2.45, 2.75) is 6.92 Å². The van der Waals surface area contributed by atoms with E-state index in [4.69, 9.17) is 4.98 Å². The number of rotatable bonds is 1. The van der Waals surface area contributed by atoms with Crippen LogP contribution in [0.2, 0.25) is 0 Å². The fraction of sp³-hybridized carbons (Fsp3) is 0.0526. The first-order valence-corrected chi connectivity index (χ1v) is 7.03. The van der Waals surface area contributed by atoms with Gasteiger partial charge < -0.3 is 0 Å². The molecule has 21 heavy (non-hydrogen) atoms. The van der Waals surface area contributed by atoms with Gasteiger partial charge in [-0.05, 0) is 30.0 Å². The summed E-state index contributed by atoms with van der Waals surface area (Å²) in [5, 5.41) is 3.55. The van der Waals surface area contributed by atoms with E-state index in [1.807, 2.05) is 25.3 Å². The van der Waals surface area contributed by atoms with Crippen molar-refractivity contribution < 1.29 is 0 Å². The smallest absolute Gasteiger partial charge is 0.0972 e. The van der Waals surface area contributed by atoms with Gasteiger partial charge >= 0.3 is 0 Å². The summed E-state index contributed by atoms with van der Waals surface area (Å²) in [4.78, 5) is 9.38. The maximum absolute atomic E-state index is 4.84. The second-order valence-corrected chi connectivity index (χ2v) is 5.24. The predicted molar refractivity (Wildman–Crippen MR) is 87.2 cm³/mol. The van der Waals surface area contributed by atoms with Gasteiger partial charge in [-0.1, -0.05) is 48.5 Å². The van der Waals surface area contributed by atoms with Crippen molar-refractivity contribution in [2.75, 3.05) is 0 Å². The quantitative estimate of drug-likeness (QED) is 0.466. The second-order valence-electron chi connectivity index (χ2n) is 5.24. The number of pyridine rings is 2. The number of fused-ring (bicyclic) bond motifs is 3. The SMILES string of the molecule is Cc1ccc(-c2nc3ccccc3c3ccccc23)nc1. The topological polar surface area (TPSA) is 25.8 Å². The first-order chi connectivity index (χ1) is 10.3. The molecule has 2 heteroatoms. The van der Waals surface area contributed by atoms with E-state index in [-0.39, 0.29) is 0 Å². The van der Waals surface area contributed by atoms with Crippen molar-refractivity contribution in [3.05, 3.63) is 72.4 Å². The molecule has 0 aliphatic carbocycles. The van der Waals surface area contributed by atoms with Crippen LogP contribution >= 0.6 is 0 Å². The average molecular weight is 270 g/mol. The molecule has 0 aliphatic heterocycles. The van der Waals surface area contributed by atoms with Crippen LogP contribution in [0.4, 0.5) is 0 Å². The van der Waals surface area contributed by atoms with Crippen LogP contribution in [0.15, 0.2) is 66.9 Å². The molecule has 0 radical (unpaired) electrons.